The number of carbonyl (C=O) groups excluding carboxylic acids is 1. The fraction of sp³-hybridized carbons (Fsp3) is 0.400. The molecule has 0 aliphatic carbocycles. The molecule has 2 heterocycles. The van der Waals surface area contributed by atoms with Crippen LogP contribution in [0.4, 0.5) is 15.8 Å². The third-order valence-corrected chi connectivity index (χ3v) is 4.77. The van der Waals surface area contributed by atoms with Gasteiger partial charge >= 0.3 is 0 Å². The SMILES string of the molecule is CCC(C)Nc1cncc(C(=O)N2CCN(c3ccc(F)cc3)CC2)c1. The molecule has 1 aliphatic heterocycles. The molecule has 0 saturated carbocycles. The summed E-state index contributed by atoms with van der Waals surface area (Å²) in [5.74, 6) is -0.231. The highest BCUT2D eigenvalue weighted by Crippen LogP contribution is 2.19. The van der Waals surface area contributed by atoms with E-state index in [1.807, 2.05) is 11.0 Å². The zero-order valence-corrected chi connectivity index (χ0v) is 15.3. The van der Waals surface area contributed by atoms with E-state index in [4.69, 9.17) is 0 Å². The summed E-state index contributed by atoms with van der Waals surface area (Å²) in [6.07, 6.45) is 4.37. The van der Waals surface area contributed by atoms with E-state index in [0.29, 0.717) is 24.7 Å². The summed E-state index contributed by atoms with van der Waals surface area (Å²) in [6.45, 7) is 6.95. The first-order valence-electron chi connectivity index (χ1n) is 9.08. The molecule has 1 amide bonds. The third kappa shape index (κ3) is 4.31. The molecule has 0 radical (unpaired) electrons. The highest BCUT2D eigenvalue weighted by Gasteiger charge is 2.22. The van der Waals surface area contributed by atoms with Gasteiger partial charge < -0.3 is 15.1 Å². The number of amides is 1. The van der Waals surface area contributed by atoms with E-state index < -0.39 is 0 Å². The van der Waals surface area contributed by atoms with Crippen molar-refractivity contribution in [3.63, 3.8) is 0 Å². The van der Waals surface area contributed by atoms with Crippen molar-refractivity contribution < 1.29 is 9.18 Å². The molecule has 1 aromatic heterocycles. The number of aromatic nitrogens is 1. The van der Waals surface area contributed by atoms with E-state index in [1.165, 1.54) is 12.1 Å². The maximum absolute atomic E-state index is 13.1. The average Bonchev–Trinajstić information content (AvgIpc) is 2.68. The third-order valence-electron chi connectivity index (χ3n) is 4.77. The van der Waals surface area contributed by atoms with Gasteiger partial charge in [-0.15, -0.1) is 0 Å². The number of benzene rings is 1. The van der Waals surface area contributed by atoms with Crippen LogP contribution in [-0.2, 0) is 0 Å². The molecule has 1 unspecified atom stereocenters. The Hall–Kier alpha value is -2.63. The van der Waals surface area contributed by atoms with E-state index in [2.05, 4.69) is 29.0 Å². The number of piperazine rings is 1. The minimum Gasteiger partial charge on any atom is -0.381 e. The first-order chi connectivity index (χ1) is 12.6. The van der Waals surface area contributed by atoms with Gasteiger partial charge in [0.2, 0.25) is 0 Å². The first-order valence-corrected chi connectivity index (χ1v) is 9.08. The smallest absolute Gasteiger partial charge is 0.255 e. The van der Waals surface area contributed by atoms with Crippen LogP contribution in [0.5, 0.6) is 0 Å². The summed E-state index contributed by atoms with van der Waals surface area (Å²) in [7, 11) is 0. The topological polar surface area (TPSA) is 48.5 Å². The van der Waals surface area contributed by atoms with Crippen molar-refractivity contribution in [3.05, 3.63) is 54.1 Å². The number of hydrogen-bond acceptors (Lipinski definition) is 4. The van der Waals surface area contributed by atoms with Crippen LogP contribution in [0.3, 0.4) is 0 Å². The summed E-state index contributed by atoms with van der Waals surface area (Å²) >= 11 is 0. The summed E-state index contributed by atoms with van der Waals surface area (Å²) in [5, 5.41) is 3.35. The molecule has 6 heteroatoms. The van der Waals surface area contributed by atoms with E-state index in [0.717, 1.165) is 30.9 Å². The maximum atomic E-state index is 13.1. The number of anilines is 2. The number of hydrogen-bond donors (Lipinski definition) is 1. The molecular weight excluding hydrogens is 331 g/mol. The van der Waals surface area contributed by atoms with Gasteiger partial charge in [-0.25, -0.2) is 4.39 Å². The molecule has 138 valence electrons. The van der Waals surface area contributed by atoms with Gasteiger partial charge in [0, 0.05) is 50.3 Å². The molecule has 1 aliphatic rings. The van der Waals surface area contributed by atoms with Gasteiger partial charge in [0.25, 0.3) is 5.91 Å². The fourth-order valence-corrected chi connectivity index (χ4v) is 3.02. The Morgan fingerprint density at radius 2 is 1.88 bits per heavy atom. The van der Waals surface area contributed by atoms with Crippen LogP contribution >= 0.6 is 0 Å². The molecule has 1 N–H and O–H groups in total. The lowest BCUT2D eigenvalue weighted by Gasteiger charge is -2.36. The highest BCUT2D eigenvalue weighted by molar-refractivity contribution is 5.95. The standard InChI is InChI=1S/C20H25FN4O/c1-3-15(2)23-18-12-16(13-22-14-18)20(26)25-10-8-24(9-11-25)19-6-4-17(21)5-7-19/h4-7,12-15,23H,3,8-11H2,1-2H3. The normalized spacial score (nSPS) is 15.7. The largest absolute Gasteiger partial charge is 0.381 e. The molecule has 1 aromatic carbocycles. The van der Waals surface area contributed by atoms with E-state index in [1.54, 1.807) is 24.5 Å². The number of nitrogens with one attached hydrogen (secondary N) is 1. The number of halogens is 1. The van der Waals surface area contributed by atoms with Crippen LogP contribution in [0.1, 0.15) is 30.6 Å². The molecule has 5 nitrogen and oxygen atoms in total. The lowest BCUT2D eigenvalue weighted by molar-refractivity contribution is 0.0746. The Bertz CT molecular complexity index is 742. The summed E-state index contributed by atoms with van der Waals surface area (Å²) in [6, 6.07) is 8.69. The van der Waals surface area contributed by atoms with Crippen molar-refractivity contribution in [2.24, 2.45) is 0 Å². The average molecular weight is 356 g/mol. The van der Waals surface area contributed by atoms with E-state index in [9.17, 15) is 9.18 Å². The Balaban J connectivity index is 1.61. The van der Waals surface area contributed by atoms with Crippen molar-refractivity contribution in [1.82, 2.24) is 9.88 Å². The summed E-state index contributed by atoms with van der Waals surface area (Å²) in [4.78, 5) is 21.0. The second-order valence-electron chi connectivity index (χ2n) is 6.67. The Morgan fingerprint density at radius 1 is 1.19 bits per heavy atom. The van der Waals surface area contributed by atoms with E-state index >= 15 is 0 Å². The van der Waals surface area contributed by atoms with Crippen LogP contribution in [-0.4, -0.2) is 48.0 Å². The molecule has 1 fully saturated rings. The molecule has 3 rings (SSSR count). The quantitative estimate of drug-likeness (QED) is 0.892. The molecule has 0 spiro atoms. The van der Waals surface area contributed by atoms with Crippen molar-refractivity contribution in [2.75, 3.05) is 36.4 Å². The predicted octanol–water partition coefficient (Wildman–Crippen LogP) is 3.39. The van der Waals surface area contributed by atoms with Gasteiger partial charge in [-0.3, -0.25) is 9.78 Å². The molecular formula is C20H25FN4O. The Labute approximate surface area is 153 Å². The van der Waals surface area contributed by atoms with Crippen LogP contribution in [0.2, 0.25) is 0 Å². The fourth-order valence-electron chi connectivity index (χ4n) is 3.02. The highest BCUT2D eigenvalue weighted by atomic mass is 19.1. The lowest BCUT2D eigenvalue weighted by Crippen LogP contribution is -2.48. The molecule has 0 bridgehead atoms. The second kappa shape index (κ2) is 8.17. The summed E-state index contributed by atoms with van der Waals surface area (Å²) < 4.78 is 13.1. The zero-order chi connectivity index (χ0) is 18.5. The van der Waals surface area contributed by atoms with Crippen LogP contribution in [0.25, 0.3) is 0 Å². The van der Waals surface area contributed by atoms with Crippen molar-refractivity contribution in [1.29, 1.82) is 0 Å². The maximum Gasteiger partial charge on any atom is 0.255 e. The Morgan fingerprint density at radius 3 is 2.54 bits per heavy atom. The van der Waals surface area contributed by atoms with Gasteiger partial charge in [0.15, 0.2) is 0 Å². The van der Waals surface area contributed by atoms with Crippen molar-refractivity contribution >= 4 is 17.3 Å². The zero-order valence-electron chi connectivity index (χ0n) is 15.3. The number of pyridine rings is 1. The van der Waals surface area contributed by atoms with Crippen molar-refractivity contribution in [2.45, 2.75) is 26.3 Å². The Kier molecular flexibility index (Phi) is 5.71. The lowest BCUT2D eigenvalue weighted by atomic mass is 10.2. The number of rotatable bonds is 5. The molecule has 1 atom stereocenters. The van der Waals surface area contributed by atoms with Gasteiger partial charge in [0.1, 0.15) is 5.82 Å². The van der Waals surface area contributed by atoms with E-state index in [-0.39, 0.29) is 11.7 Å². The van der Waals surface area contributed by atoms with Gasteiger partial charge in [-0.1, -0.05) is 6.92 Å². The number of carbonyl (C=O) groups is 1. The van der Waals surface area contributed by atoms with Gasteiger partial charge in [0.05, 0.1) is 11.3 Å². The monoisotopic (exact) mass is 356 g/mol. The van der Waals surface area contributed by atoms with Gasteiger partial charge in [-0.05, 0) is 43.7 Å². The van der Waals surface area contributed by atoms with Crippen LogP contribution < -0.4 is 10.2 Å². The van der Waals surface area contributed by atoms with Crippen LogP contribution in [0.15, 0.2) is 42.7 Å². The molecule has 2 aromatic rings. The first kappa shape index (κ1) is 18.2. The number of nitrogens with zero attached hydrogens (tertiary/aromatic N) is 3. The van der Waals surface area contributed by atoms with Crippen LogP contribution in [0, 0.1) is 5.82 Å². The van der Waals surface area contributed by atoms with Gasteiger partial charge in [-0.2, -0.15) is 0 Å². The second-order valence-corrected chi connectivity index (χ2v) is 6.67. The van der Waals surface area contributed by atoms with Crippen molar-refractivity contribution in [3.8, 4) is 0 Å². The summed E-state index contributed by atoms with van der Waals surface area (Å²) in [5.41, 5.74) is 2.46. The minimum atomic E-state index is -0.235. The predicted molar refractivity (Wildman–Crippen MR) is 102 cm³/mol. The molecule has 1 saturated heterocycles. The molecule has 26 heavy (non-hydrogen) atoms. The minimum absolute atomic E-state index is 0.00376.